The zero-order valence-corrected chi connectivity index (χ0v) is 18.6. The van der Waals surface area contributed by atoms with Crippen LogP contribution in [0.25, 0.3) is 21.2 Å². The van der Waals surface area contributed by atoms with Gasteiger partial charge in [-0.3, -0.25) is 4.79 Å². The van der Waals surface area contributed by atoms with Crippen LogP contribution in [-0.2, 0) is 0 Å². The Morgan fingerprint density at radius 2 is 1.94 bits per heavy atom. The Kier molecular flexibility index (Phi) is 5.49. The van der Waals surface area contributed by atoms with Gasteiger partial charge in [0, 0.05) is 47.4 Å². The van der Waals surface area contributed by atoms with Crippen molar-refractivity contribution in [3.05, 3.63) is 71.4 Å². The monoisotopic (exact) mass is 444 g/mol. The molecule has 0 radical (unpaired) electrons. The average molecular weight is 445 g/mol. The first-order valence-electron chi connectivity index (χ1n) is 10.7. The van der Waals surface area contributed by atoms with Crippen LogP contribution >= 0.6 is 11.3 Å². The van der Waals surface area contributed by atoms with Crippen molar-refractivity contribution >= 4 is 33.8 Å². The second kappa shape index (κ2) is 8.59. The number of amides is 1. The maximum Gasteiger partial charge on any atom is 0.263 e. The molecular weight excluding hydrogens is 420 g/mol. The third-order valence-electron chi connectivity index (χ3n) is 6.12. The molecule has 1 aromatic carbocycles. The van der Waals surface area contributed by atoms with Gasteiger partial charge in [0.25, 0.3) is 5.91 Å². The number of nitrogen functional groups attached to an aromatic ring is 1. The molecule has 4 heterocycles. The second-order valence-electron chi connectivity index (χ2n) is 8.00. The number of rotatable bonds is 4. The van der Waals surface area contributed by atoms with E-state index in [-0.39, 0.29) is 5.91 Å². The van der Waals surface area contributed by atoms with E-state index in [0.29, 0.717) is 17.6 Å². The van der Waals surface area contributed by atoms with Gasteiger partial charge in [0.15, 0.2) is 0 Å². The Morgan fingerprint density at radius 3 is 2.69 bits per heavy atom. The largest absolute Gasteiger partial charge is 0.481 e. The Morgan fingerprint density at radius 1 is 1.09 bits per heavy atom. The molecule has 4 aromatic rings. The van der Waals surface area contributed by atoms with Crippen LogP contribution in [0.1, 0.15) is 34.0 Å². The smallest absolute Gasteiger partial charge is 0.263 e. The standard InChI is InChI=1S/C25H24N4O2S/c1-31-23-7-4-19(15-28-23)21-5-6-22(32-21)25(30)29-12-9-16(10-13-29)18-3-2-17-8-11-27-24(26)20(17)14-18/h2-8,11,14-16H,9-10,12-13H2,1H3,(H2,26,27). The maximum atomic E-state index is 13.1. The summed E-state index contributed by atoms with van der Waals surface area (Å²) in [6.45, 7) is 1.50. The molecule has 0 bridgehead atoms. The summed E-state index contributed by atoms with van der Waals surface area (Å²) in [4.78, 5) is 25.3. The number of hydrogen-bond acceptors (Lipinski definition) is 6. The number of piperidine rings is 1. The number of pyridine rings is 2. The summed E-state index contributed by atoms with van der Waals surface area (Å²) < 4.78 is 5.12. The lowest BCUT2D eigenvalue weighted by Gasteiger charge is -2.32. The average Bonchev–Trinajstić information content (AvgIpc) is 3.34. The minimum absolute atomic E-state index is 0.105. The number of carbonyl (C=O) groups is 1. The number of nitrogens with zero attached hydrogens (tertiary/aromatic N) is 3. The minimum atomic E-state index is 0.105. The Bertz CT molecular complexity index is 1260. The predicted molar refractivity (Wildman–Crippen MR) is 128 cm³/mol. The van der Waals surface area contributed by atoms with Crippen molar-refractivity contribution in [3.63, 3.8) is 0 Å². The number of methoxy groups -OCH3 is 1. The van der Waals surface area contributed by atoms with E-state index in [1.807, 2.05) is 35.2 Å². The van der Waals surface area contributed by atoms with Crippen molar-refractivity contribution in [3.8, 4) is 16.3 Å². The van der Waals surface area contributed by atoms with Crippen LogP contribution in [0.4, 0.5) is 5.82 Å². The van der Waals surface area contributed by atoms with Crippen LogP contribution in [0.2, 0.25) is 0 Å². The number of aromatic nitrogens is 2. The van der Waals surface area contributed by atoms with E-state index in [1.54, 1.807) is 19.5 Å². The third kappa shape index (κ3) is 3.91. The van der Waals surface area contributed by atoms with Gasteiger partial charge < -0.3 is 15.4 Å². The van der Waals surface area contributed by atoms with Crippen LogP contribution in [-0.4, -0.2) is 41.0 Å². The van der Waals surface area contributed by atoms with E-state index in [2.05, 4.69) is 28.2 Å². The van der Waals surface area contributed by atoms with Crippen LogP contribution in [0.5, 0.6) is 5.88 Å². The lowest BCUT2D eigenvalue weighted by atomic mass is 9.88. The number of hydrogen-bond donors (Lipinski definition) is 1. The molecule has 6 nitrogen and oxygen atoms in total. The predicted octanol–water partition coefficient (Wildman–Crippen LogP) is 4.97. The summed E-state index contributed by atoms with van der Waals surface area (Å²) in [5, 5.41) is 2.11. The number of benzene rings is 1. The molecule has 162 valence electrons. The molecular formula is C25H24N4O2S. The number of nitrogens with two attached hydrogens (primary N) is 1. The molecule has 1 fully saturated rings. The fourth-order valence-electron chi connectivity index (χ4n) is 4.29. The number of ether oxygens (including phenoxy) is 1. The third-order valence-corrected chi connectivity index (χ3v) is 7.24. The van der Waals surface area contributed by atoms with Gasteiger partial charge in [-0.25, -0.2) is 9.97 Å². The zero-order chi connectivity index (χ0) is 22.1. The molecule has 1 saturated heterocycles. The van der Waals surface area contributed by atoms with Gasteiger partial charge in [-0.15, -0.1) is 11.3 Å². The number of likely N-dealkylation sites (tertiary alicyclic amines) is 1. The fraction of sp³-hybridized carbons (Fsp3) is 0.240. The second-order valence-corrected chi connectivity index (χ2v) is 9.08. The quantitative estimate of drug-likeness (QED) is 0.481. The van der Waals surface area contributed by atoms with E-state index in [0.717, 1.165) is 52.0 Å². The summed E-state index contributed by atoms with van der Waals surface area (Å²) in [7, 11) is 1.60. The summed E-state index contributed by atoms with van der Waals surface area (Å²) >= 11 is 1.51. The van der Waals surface area contributed by atoms with Crippen LogP contribution < -0.4 is 10.5 Å². The summed E-state index contributed by atoms with van der Waals surface area (Å²) in [6.07, 6.45) is 5.40. The summed E-state index contributed by atoms with van der Waals surface area (Å²) in [6, 6.07) is 16.1. The van der Waals surface area contributed by atoms with Gasteiger partial charge in [-0.2, -0.15) is 0 Å². The van der Waals surface area contributed by atoms with Crippen LogP contribution in [0, 0.1) is 0 Å². The molecule has 32 heavy (non-hydrogen) atoms. The van der Waals surface area contributed by atoms with E-state index >= 15 is 0 Å². The molecule has 0 spiro atoms. The maximum absolute atomic E-state index is 13.1. The summed E-state index contributed by atoms with van der Waals surface area (Å²) in [5.41, 5.74) is 8.32. The molecule has 0 atom stereocenters. The van der Waals surface area contributed by atoms with E-state index < -0.39 is 0 Å². The SMILES string of the molecule is COc1ccc(-c2ccc(C(=O)N3CCC(c4ccc5ccnc(N)c5c4)CC3)s2)cn1. The molecule has 2 N–H and O–H groups in total. The normalized spacial score (nSPS) is 14.6. The molecule has 1 amide bonds. The van der Waals surface area contributed by atoms with Crippen molar-refractivity contribution in [1.29, 1.82) is 0 Å². The fourth-order valence-corrected chi connectivity index (χ4v) is 5.25. The van der Waals surface area contributed by atoms with Crippen molar-refractivity contribution in [2.75, 3.05) is 25.9 Å². The Hall–Kier alpha value is -3.45. The first-order chi connectivity index (χ1) is 15.6. The Balaban J connectivity index is 1.26. The number of anilines is 1. The number of carbonyl (C=O) groups excluding carboxylic acids is 1. The highest BCUT2D eigenvalue weighted by molar-refractivity contribution is 7.17. The molecule has 1 aliphatic heterocycles. The molecule has 5 rings (SSSR count). The van der Waals surface area contributed by atoms with Crippen molar-refractivity contribution < 1.29 is 9.53 Å². The number of fused-ring (bicyclic) bond motifs is 1. The van der Waals surface area contributed by atoms with Gasteiger partial charge in [0.1, 0.15) is 5.82 Å². The van der Waals surface area contributed by atoms with Crippen molar-refractivity contribution in [1.82, 2.24) is 14.9 Å². The lowest BCUT2D eigenvalue weighted by Crippen LogP contribution is -2.37. The van der Waals surface area contributed by atoms with Gasteiger partial charge in [0.2, 0.25) is 5.88 Å². The molecule has 0 aliphatic carbocycles. The highest BCUT2D eigenvalue weighted by Gasteiger charge is 2.26. The number of thiophene rings is 1. The first kappa shape index (κ1) is 20.5. The van der Waals surface area contributed by atoms with Crippen LogP contribution in [0.3, 0.4) is 0 Å². The van der Waals surface area contributed by atoms with Gasteiger partial charge in [-0.1, -0.05) is 12.1 Å². The highest BCUT2D eigenvalue weighted by atomic mass is 32.1. The van der Waals surface area contributed by atoms with Gasteiger partial charge in [-0.05, 0) is 60.0 Å². The topological polar surface area (TPSA) is 81.3 Å². The lowest BCUT2D eigenvalue weighted by molar-refractivity contribution is 0.0718. The summed E-state index contributed by atoms with van der Waals surface area (Å²) in [5.74, 6) is 1.67. The zero-order valence-electron chi connectivity index (χ0n) is 17.8. The van der Waals surface area contributed by atoms with Gasteiger partial charge >= 0.3 is 0 Å². The van der Waals surface area contributed by atoms with Gasteiger partial charge in [0.05, 0.1) is 12.0 Å². The van der Waals surface area contributed by atoms with Crippen molar-refractivity contribution in [2.24, 2.45) is 0 Å². The highest BCUT2D eigenvalue weighted by Crippen LogP contribution is 2.33. The van der Waals surface area contributed by atoms with Crippen molar-refractivity contribution in [2.45, 2.75) is 18.8 Å². The molecule has 0 saturated carbocycles. The van der Waals surface area contributed by atoms with E-state index in [4.69, 9.17) is 10.5 Å². The van der Waals surface area contributed by atoms with E-state index in [9.17, 15) is 4.79 Å². The molecule has 3 aromatic heterocycles. The Labute approximate surface area is 190 Å². The molecule has 0 unspecified atom stereocenters. The molecule has 7 heteroatoms. The first-order valence-corrected chi connectivity index (χ1v) is 11.5. The van der Waals surface area contributed by atoms with E-state index in [1.165, 1.54) is 16.9 Å². The minimum Gasteiger partial charge on any atom is -0.481 e. The van der Waals surface area contributed by atoms with Crippen LogP contribution in [0.15, 0.2) is 60.9 Å². The molecule has 1 aliphatic rings.